The van der Waals surface area contributed by atoms with Crippen molar-refractivity contribution < 1.29 is 18.8 Å². The first-order valence-electron chi connectivity index (χ1n) is 11.6. The average Bonchev–Trinajstić information content (AvgIpc) is 2.66. The summed E-state index contributed by atoms with van der Waals surface area (Å²) in [7, 11) is -2.42. The van der Waals surface area contributed by atoms with Crippen LogP contribution < -0.4 is 4.43 Å². The lowest BCUT2D eigenvalue weighted by Crippen LogP contribution is -2.50. The van der Waals surface area contributed by atoms with Crippen molar-refractivity contribution in [1.82, 2.24) is 0 Å². The van der Waals surface area contributed by atoms with Gasteiger partial charge in [-0.2, -0.15) is 0 Å². The third-order valence-electron chi connectivity index (χ3n) is 5.82. The summed E-state index contributed by atoms with van der Waals surface area (Å²) >= 11 is 3.54. The Bertz CT molecular complexity index is 903. The average molecular weight is 554 g/mol. The molecule has 1 aromatic rings. The molecule has 0 aliphatic rings. The van der Waals surface area contributed by atoms with Gasteiger partial charge in [0, 0.05) is 10.0 Å². The van der Waals surface area contributed by atoms with E-state index in [9.17, 15) is 9.59 Å². The third-order valence-corrected chi connectivity index (χ3v) is 13.6. The molecule has 0 heterocycles. The highest BCUT2D eigenvalue weighted by Gasteiger charge is 2.47. The lowest BCUT2D eigenvalue weighted by Gasteiger charge is -2.42. The fourth-order valence-corrected chi connectivity index (χ4v) is 11.9. The maximum atomic E-state index is 13.5. The molecule has 0 unspecified atom stereocenters. The molecule has 0 aromatic heterocycles. The number of ketones is 1. The molecule has 1 aromatic carbocycles. The molecule has 0 aliphatic carbocycles. The van der Waals surface area contributed by atoms with Gasteiger partial charge in [-0.25, -0.2) is 4.79 Å². The third kappa shape index (κ3) is 7.79. The number of ether oxygens (including phenoxy) is 1. The van der Waals surface area contributed by atoms with Crippen molar-refractivity contribution in [2.75, 3.05) is 7.11 Å². The second-order valence-electron chi connectivity index (χ2n) is 10.7. The van der Waals surface area contributed by atoms with E-state index in [2.05, 4.69) is 82.8 Å². The summed E-state index contributed by atoms with van der Waals surface area (Å²) in [5, 5.41) is 0. The molecule has 0 atom stereocenters. The van der Waals surface area contributed by atoms with Crippen molar-refractivity contribution in [3.8, 4) is 5.75 Å². The van der Waals surface area contributed by atoms with Crippen LogP contribution >= 0.6 is 15.9 Å². The van der Waals surface area contributed by atoms with Crippen LogP contribution in [-0.2, 0) is 9.53 Å². The Morgan fingerprint density at radius 2 is 1.45 bits per heavy atom. The molecule has 1 rings (SSSR count). The zero-order chi connectivity index (χ0) is 25.7. The van der Waals surface area contributed by atoms with Crippen LogP contribution in [0, 0.1) is 0 Å². The molecule has 0 saturated carbocycles. The van der Waals surface area contributed by atoms with Gasteiger partial charge in [0.15, 0.2) is 0 Å². The van der Waals surface area contributed by atoms with Gasteiger partial charge >= 0.3 is 5.97 Å². The van der Waals surface area contributed by atoms with Crippen molar-refractivity contribution in [2.45, 2.75) is 84.7 Å². The van der Waals surface area contributed by atoms with E-state index in [-0.39, 0.29) is 11.4 Å². The molecule has 0 bridgehead atoms. The Hall–Kier alpha value is -1.45. The number of carbonyl (C=O) groups excluding carboxylic acids is 2. The second-order valence-corrected chi connectivity index (χ2v) is 22.0. The molecule has 0 radical (unpaired) electrons. The number of carbonyl (C=O) groups is 2. The largest absolute Gasteiger partial charge is 0.543 e. The number of Topliss-reactive ketones (excluding diaryl/α,β-unsaturated/α-hetero) is 1. The number of benzene rings is 1. The Morgan fingerprint density at radius 3 is 1.88 bits per heavy atom. The van der Waals surface area contributed by atoms with Crippen molar-refractivity contribution >= 4 is 44.1 Å². The van der Waals surface area contributed by atoms with Crippen LogP contribution in [0.5, 0.6) is 5.75 Å². The molecule has 0 aliphatic heterocycles. The lowest BCUT2D eigenvalue weighted by molar-refractivity contribution is -0.135. The molecule has 0 N–H and O–H groups in total. The summed E-state index contributed by atoms with van der Waals surface area (Å²) in [5.41, 5.74) is 4.67. The van der Waals surface area contributed by atoms with Gasteiger partial charge in [-0.1, -0.05) is 88.4 Å². The fraction of sp³-hybridized carbons (Fsp3) is 0.538. The Balaban J connectivity index is 3.56. The minimum Gasteiger partial charge on any atom is -0.543 e. The van der Waals surface area contributed by atoms with Gasteiger partial charge in [0.2, 0.25) is 5.78 Å². The summed E-state index contributed by atoms with van der Waals surface area (Å²) in [4.78, 5) is 26.0. The second kappa shape index (κ2) is 11.8. The van der Waals surface area contributed by atoms with Crippen LogP contribution in [0.2, 0.25) is 36.3 Å². The van der Waals surface area contributed by atoms with Gasteiger partial charge in [-0.3, -0.25) is 4.79 Å². The van der Waals surface area contributed by atoms with Crippen LogP contribution in [0.25, 0.3) is 0 Å². The van der Waals surface area contributed by atoms with E-state index in [1.54, 1.807) is 18.2 Å². The molecule has 4 nitrogen and oxygen atoms in total. The summed E-state index contributed by atoms with van der Waals surface area (Å²) in [5.74, 6) is -0.350. The molecule has 0 amide bonds. The van der Waals surface area contributed by atoms with Crippen molar-refractivity contribution in [1.29, 1.82) is 0 Å². The molecule has 33 heavy (non-hydrogen) atoms. The number of hydrogen-bond acceptors (Lipinski definition) is 4. The van der Waals surface area contributed by atoms with Crippen molar-refractivity contribution in [3.63, 3.8) is 0 Å². The van der Waals surface area contributed by atoms with E-state index in [0.29, 0.717) is 27.9 Å². The summed E-state index contributed by atoms with van der Waals surface area (Å²) in [6, 6.07) is 5.40. The zero-order valence-corrected chi connectivity index (χ0v) is 25.7. The Labute approximate surface area is 211 Å². The Morgan fingerprint density at radius 1 is 0.939 bits per heavy atom. The van der Waals surface area contributed by atoms with Gasteiger partial charge in [-0.05, 0) is 47.8 Å². The van der Waals surface area contributed by atoms with Crippen LogP contribution in [0.4, 0.5) is 0 Å². The minimum absolute atomic E-state index is 0.0219. The highest BCUT2D eigenvalue weighted by Crippen LogP contribution is 2.43. The van der Waals surface area contributed by atoms with Gasteiger partial charge in [-0.15, -0.1) is 0 Å². The molecule has 184 valence electrons. The molecular formula is C26H41BrO4Si2. The van der Waals surface area contributed by atoms with Crippen molar-refractivity contribution in [2.24, 2.45) is 0 Å². The minimum atomic E-state index is -2.20. The van der Waals surface area contributed by atoms with E-state index < -0.39 is 22.4 Å². The first-order valence-corrected chi connectivity index (χ1v) is 18.1. The fourth-order valence-electron chi connectivity index (χ4n) is 4.75. The van der Waals surface area contributed by atoms with E-state index in [1.165, 1.54) is 7.11 Å². The standard InChI is InChI=1S/C26H41BrO4Si2/c1-17(2)33(18(3)4,19(5)6)31-23-14-21(13-22(27)15-23)25(28)24(26(29)30-8)12-20(7)16-32(9,10)11/h12-19H,1-11H3/b20-16+,24-12-. The maximum Gasteiger partial charge on any atom is 0.341 e. The summed E-state index contributed by atoms with van der Waals surface area (Å²) in [6.45, 7) is 21.9. The van der Waals surface area contributed by atoms with Gasteiger partial charge in [0.05, 0.1) is 15.2 Å². The van der Waals surface area contributed by atoms with Crippen LogP contribution in [0.3, 0.4) is 0 Å². The quantitative estimate of drug-likeness (QED) is 0.0559. The van der Waals surface area contributed by atoms with Crippen molar-refractivity contribution in [3.05, 3.63) is 51.2 Å². The SMILES string of the molecule is COC(=O)/C(=C\C(C)=C\[Si](C)(C)C)C(=O)c1cc(Br)cc(O[Si](C(C)C)(C(C)C)C(C)C)c1. The maximum absolute atomic E-state index is 13.5. The normalized spacial score (nSPS) is 13.7. The molecular weight excluding hydrogens is 512 g/mol. The predicted molar refractivity (Wildman–Crippen MR) is 147 cm³/mol. The predicted octanol–water partition coefficient (Wildman–Crippen LogP) is 8.11. The van der Waals surface area contributed by atoms with Gasteiger partial charge < -0.3 is 9.16 Å². The van der Waals surface area contributed by atoms with E-state index in [0.717, 1.165) is 10.0 Å². The summed E-state index contributed by atoms with van der Waals surface area (Å²) < 4.78 is 12.5. The molecule has 0 fully saturated rings. The number of allylic oxidation sites excluding steroid dienone is 2. The molecule has 0 saturated heterocycles. The van der Waals surface area contributed by atoms with E-state index >= 15 is 0 Å². The van der Waals surface area contributed by atoms with Crippen LogP contribution in [0.15, 0.2) is 45.6 Å². The smallest absolute Gasteiger partial charge is 0.341 e. The van der Waals surface area contributed by atoms with Gasteiger partial charge in [0.1, 0.15) is 11.3 Å². The highest BCUT2D eigenvalue weighted by molar-refractivity contribution is 9.10. The topological polar surface area (TPSA) is 52.6 Å². The summed E-state index contributed by atoms with van der Waals surface area (Å²) in [6.07, 6.45) is 1.64. The highest BCUT2D eigenvalue weighted by atomic mass is 79.9. The monoisotopic (exact) mass is 552 g/mol. The lowest BCUT2D eigenvalue weighted by atomic mass is 10.0. The Kier molecular flexibility index (Phi) is 10.6. The van der Waals surface area contributed by atoms with Gasteiger partial charge in [0.25, 0.3) is 8.32 Å². The number of rotatable bonds is 10. The molecule has 7 heteroatoms. The number of halogens is 1. The van der Waals surface area contributed by atoms with Crippen LogP contribution in [0.1, 0.15) is 58.8 Å². The molecule has 0 spiro atoms. The number of hydrogen-bond donors (Lipinski definition) is 0. The van der Waals surface area contributed by atoms with Crippen LogP contribution in [-0.4, -0.2) is 35.3 Å². The van der Waals surface area contributed by atoms with E-state index in [1.807, 2.05) is 13.0 Å². The number of methoxy groups -OCH3 is 1. The zero-order valence-electron chi connectivity index (χ0n) is 22.1. The first-order chi connectivity index (χ1) is 15.0. The first kappa shape index (κ1) is 29.6. The van der Waals surface area contributed by atoms with E-state index in [4.69, 9.17) is 9.16 Å². The number of esters is 1.